The molecule has 0 radical (unpaired) electrons. The lowest BCUT2D eigenvalue weighted by Crippen LogP contribution is -2.40. The first-order valence-electron chi connectivity index (χ1n) is 9.76. The third kappa shape index (κ3) is 4.56. The second-order valence-corrected chi connectivity index (χ2v) is 7.12. The van der Waals surface area contributed by atoms with Crippen LogP contribution in [0, 0.1) is 5.82 Å². The molecule has 2 aromatic heterocycles. The minimum absolute atomic E-state index is 0.0458. The summed E-state index contributed by atoms with van der Waals surface area (Å²) in [4.78, 5) is 20.3. The van der Waals surface area contributed by atoms with Gasteiger partial charge in [0.25, 0.3) is 5.91 Å². The van der Waals surface area contributed by atoms with Gasteiger partial charge in [-0.15, -0.1) is 0 Å². The maximum Gasteiger partial charge on any atom is 0.316 e. The molecule has 1 saturated carbocycles. The lowest BCUT2D eigenvalue weighted by Gasteiger charge is -2.28. The molecule has 30 heavy (non-hydrogen) atoms. The molecule has 156 valence electrons. The van der Waals surface area contributed by atoms with Crippen molar-refractivity contribution < 1.29 is 18.7 Å². The van der Waals surface area contributed by atoms with Crippen LogP contribution in [0.5, 0.6) is 11.8 Å². The molecule has 1 aromatic carbocycles. The van der Waals surface area contributed by atoms with Gasteiger partial charge in [0.05, 0.1) is 25.2 Å². The molecule has 8 nitrogen and oxygen atoms in total. The average molecular weight is 411 g/mol. The van der Waals surface area contributed by atoms with E-state index >= 15 is 0 Å². The first-order valence-corrected chi connectivity index (χ1v) is 9.76. The van der Waals surface area contributed by atoms with Crippen molar-refractivity contribution in [1.29, 1.82) is 0 Å². The van der Waals surface area contributed by atoms with Crippen molar-refractivity contribution in [3.05, 3.63) is 54.2 Å². The van der Waals surface area contributed by atoms with Gasteiger partial charge in [0.2, 0.25) is 0 Å². The van der Waals surface area contributed by atoms with Crippen molar-refractivity contribution in [2.24, 2.45) is 0 Å². The molecule has 1 amide bonds. The third-order valence-electron chi connectivity index (χ3n) is 5.08. The Morgan fingerprint density at radius 1 is 1.17 bits per heavy atom. The highest BCUT2D eigenvalue weighted by Gasteiger charge is 2.25. The van der Waals surface area contributed by atoms with Crippen LogP contribution in [-0.4, -0.2) is 45.3 Å². The van der Waals surface area contributed by atoms with Crippen molar-refractivity contribution in [2.75, 3.05) is 7.11 Å². The Kier molecular flexibility index (Phi) is 5.87. The molecule has 0 spiro atoms. The van der Waals surface area contributed by atoms with Gasteiger partial charge in [-0.05, 0) is 43.9 Å². The van der Waals surface area contributed by atoms with Gasteiger partial charge in [-0.25, -0.2) is 14.4 Å². The molecular formula is C21H22FN5O3. The van der Waals surface area contributed by atoms with E-state index in [0.29, 0.717) is 17.1 Å². The molecule has 1 fully saturated rings. The predicted molar refractivity (Wildman–Crippen MR) is 107 cm³/mol. The number of aromatic nitrogens is 4. The molecular weight excluding hydrogens is 389 g/mol. The summed E-state index contributed by atoms with van der Waals surface area (Å²) in [5.41, 5.74) is 1.86. The number of benzene rings is 1. The monoisotopic (exact) mass is 411 g/mol. The van der Waals surface area contributed by atoms with Crippen LogP contribution >= 0.6 is 0 Å². The number of H-pyrrole nitrogens is 1. The van der Waals surface area contributed by atoms with Gasteiger partial charge in [-0.1, -0.05) is 12.1 Å². The molecule has 0 aliphatic heterocycles. The normalized spacial score (nSPS) is 18.6. The van der Waals surface area contributed by atoms with Crippen LogP contribution in [0.3, 0.4) is 0 Å². The lowest BCUT2D eigenvalue weighted by atomic mass is 9.93. The maximum atomic E-state index is 12.9. The fraction of sp³-hybridized carbons (Fsp3) is 0.333. The second kappa shape index (κ2) is 8.89. The smallest absolute Gasteiger partial charge is 0.316 e. The van der Waals surface area contributed by atoms with E-state index in [1.54, 1.807) is 13.2 Å². The largest absolute Gasteiger partial charge is 0.496 e. The molecule has 0 bridgehead atoms. The molecule has 9 heteroatoms. The van der Waals surface area contributed by atoms with Crippen molar-refractivity contribution >= 4 is 5.91 Å². The van der Waals surface area contributed by atoms with Gasteiger partial charge in [0, 0.05) is 11.6 Å². The number of aromatic amines is 1. The Morgan fingerprint density at radius 3 is 2.63 bits per heavy atom. The molecule has 0 unspecified atom stereocenters. The number of methoxy groups -OCH3 is 1. The molecule has 1 aliphatic rings. The molecule has 2 heterocycles. The number of carbonyl (C=O) groups excluding carboxylic acids is 1. The van der Waals surface area contributed by atoms with Crippen LogP contribution in [-0.2, 0) is 0 Å². The standard InChI is InChI=1S/C21H22FN5O3/c1-29-19-5-3-2-4-16(19)17-10-18(27-26-17)20(28)25-14-6-8-15(9-7-14)30-21-23-11-13(22)12-24-21/h2-5,10-12,14-15H,6-9H2,1H3,(H,25,28)(H,26,27). The van der Waals surface area contributed by atoms with E-state index < -0.39 is 5.82 Å². The molecule has 4 rings (SSSR count). The fourth-order valence-corrected chi connectivity index (χ4v) is 3.53. The van der Waals surface area contributed by atoms with Gasteiger partial charge in [-0.2, -0.15) is 5.10 Å². The molecule has 2 N–H and O–H groups in total. The maximum absolute atomic E-state index is 12.9. The Hall–Kier alpha value is -3.49. The fourth-order valence-electron chi connectivity index (χ4n) is 3.53. The van der Waals surface area contributed by atoms with E-state index in [0.717, 1.165) is 43.6 Å². The number of para-hydroxylation sites is 1. The number of carbonyl (C=O) groups is 1. The van der Waals surface area contributed by atoms with E-state index in [1.165, 1.54) is 0 Å². The van der Waals surface area contributed by atoms with E-state index in [9.17, 15) is 9.18 Å². The summed E-state index contributed by atoms with van der Waals surface area (Å²) in [5.74, 6) is -0.00394. The summed E-state index contributed by atoms with van der Waals surface area (Å²) in [6, 6.07) is 9.45. The van der Waals surface area contributed by atoms with Crippen molar-refractivity contribution in [3.8, 4) is 23.0 Å². The van der Waals surface area contributed by atoms with Gasteiger partial charge in [-0.3, -0.25) is 9.89 Å². The molecule has 1 aliphatic carbocycles. The highest BCUT2D eigenvalue weighted by molar-refractivity contribution is 5.93. The number of halogens is 1. The summed E-state index contributed by atoms with van der Waals surface area (Å²) < 4.78 is 23.9. The molecule has 0 atom stereocenters. The van der Waals surface area contributed by atoms with Gasteiger partial charge in [0.1, 0.15) is 17.5 Å². The first-order chi connectivity index (χ1) is 14.6. The minimum Gasteiger partial charge on any atom is -0.496 e. The molecule has 3 aromatic rings. The summed E-state index contributed by atoms with van der Waals surface area (Å²) in [6.45, 7) is 0. The van der Waals surface area contributed by atoms with E-state index in [1.807, 2.05) is 24.3 Å². The van der Waals surface area contributed by atoms with Crippen LogP contribution < -0.4 is 14.8 Å². The summed E-state index contributed by atoms with van der Waals surface area (Å²) >= 11 is 0. The highest BCUT2D eigenvalue weighted by atomic mass is 19.1. The third-order valence-corrected chi connectivity index (χ3v) is 5.08. The van der Waals surface area contributed by atoms with Crippen LogP contribution in [0.1, 0.15) is 36.2 Å². The highest BCUT2D eigenvalue weighted by Crippen LogP contribution is 2.28. The number of rotatable bonds is 6. The van der Waals surface area contributed by atoms with Gasteiger partial charge in [0.15, 0.2) is 5.82 Å². The lowest BCUT2D eigenvalue weighted by molar-refractivity contribution is 0.0880. The van der Waals surface area contributed by atoms with E-state index in [-0.39, 0.29) is 24.1 Å². The predicted octanol–water partition coefficient (Wildman–Crippen LogP) is 3.13. The van der Waals surface area contributed by atoms with Crippen molar-refractivity contribution in [3.63, 3.8) is 0 Å². The zero-order valence-electron chi connectivity index (χ0n) is 16.5. The number of amides is 1. The van der Waals surface area contributed by atoms with E-state index in [2.05, 4.69) is 25.5 Å². The van der Waals surface area contributed by atoms with Crippen molar-refractivity contribution in [2.45, 2.75) is 37.8 Å². The number of ether oxygens (including phenoxy) is 2. The topological polar surface area (TPSA) is 102 Å². The zero-order chi connectivity index (χ0) is 20.9. The minimum atomic E-state index is -0.499. The Morgan fingerprint density at radius 2 is 1.90 bits per heavy atom. The van der Waals surface area contributed by atoms with Gasteiger partial charge >= 0.3 is 6.01 Å². The Labute approximate surface area is 172 Å². The van der Waals surface area contributed by atoms with Crippen molar-refractivity contribution in [1.82, 2.24) is 25.5 Å². The number of hydrogen-bond donors (Lipinski definition) is 2. The van der Waals surface area contributed by atoms with Crippen LogP contribution in [0.15, 0.2) is 42.7 Å². The number of nitrogens with zero attached hydrogens (tertiary/aromatic N) is 3. The van der Waals surface area contributed by atoms with Crippen LogP contribution in [0.2, 0.25) is 0 Å². The van der Waals surface area contributed by atoms with E-state index in [4.69, 9.17) is 9.47 Å². The second-order valence-electron chi connectivity index (χ2n) is 7.12. The summed E-state index contributed by atoms with van der Waals surface area (Å²) in [7, 11) is 1.60. The zero-order valence-corrected chi connectivity index (χ0v) is 16.5. The summed E-state index contributed by atoms with van der Waals surface area (Å²) in [6.07, 6.45) is 5.15. The average Bonchev–Trinajstić information content (AvgIpc) is 3.27. The Balaban J connectivity index is 1.31. The van der Waals surface area contributed by atoms with Gasteiger partial charge < -0.3 is 14.8 Å². The number of nitrogens with one attached hydrogen (secondary N) is 2. The van der Waals surface area contributed by atoms with Crippen LogP contribution in [0.4, 0.5) is 4.39 Å². The Bertz CT molecular complexity index is 1000. The quantitative estimate of drug-likeness (QED) is 0.646. The summed E-state index contributed by atoms with van der Waals surface area (Å²) in [5, 5.41) is 10.1. The number of hydrogen-bond acceptors (Lipinski definition) is 6. The van der Waals surface area contributed by atoms with Crippen LogP contribution in [0.25, 0.3) is 11.3 Å². The molecule has 0 saturated heterocycles. The first kappa shape index (κ1) is 19.8. The SMILES string of the molecule is COc1ccccc1-c1cc(C(=O)NC2CCC(Oc3ncc(F)cn3)CC2)[nH]n1.